The highest BCUT2D eigenvalue weighted by Crippen LogP contribution is 2.07. The maximum atomic E-state index is 12.0. The van der Waals surface area contributed by atoms with Crippen LogP contribution in [0.4, 0.5) is 3.89 Å². The number of hydrogen-bond acceptors (Lipinski definition) is 3. The fraction of sp³-hybridized carbons (Fsp3) is 1.00. The van der Waals surface area contributed by atoms with Gasteiger partial charge in [0, 0.05) is 6.54 Å². The summed E-state index contributed by atoms with van der Waals surface area (Å²) < 4.78 is 32.2. The number of rotatable bonds is 3. The average Bonchev–Trinajstić information content (AvgIpc) is 2.32. The van der Waals surface area contributed by atoms with Gasteiger partial charge in [-0.15, -0.1) is 3.89 Å². The predicted octanol–water partition coefficient (Wildman–Crippen LogP) is 0.382. The molecule has 0 saturated carbocycles. The SMILES string of the molecule is O=S(=O)(F)CCN1CCCC1. The molecule has 0 N–H and O–H groups in total. The number of likely N-dealkylation sites (tertiary alicyclic amines) is 1. The molecule has 0 atom stereocenters. The summed E-state index contributed by atoms with van der Waals surface area (Å²) in [6.45, 7) is 2.17. The largest absolute Gasteiger partial charge is 0.303 e. The zero-order valence-corrected chi connectivity index (χ0v) is 7.11. The van der Waals surface area contributed by atoms with E-state index in [9.17, 15) is 12.3 Å². The van der Waals surface area contributed by atoms with Gasteiger partial charge in [-0.05, 0) is 25.9 Å². The van der Waals surface area contributed by atoms with Crippen molar-refractivity contribution >= 4 is 10.2 Å². The highest BCUT2D eigenvalue weighted by molar-refractivity contribution is 7.86. The third kappa shape index (κ3) is 3.67. The van der Waals surface area contributed by atoms with E-state index in [-0.39, 0.29) is 5.75 Å². The van der Waals surface area contributed by atoms with E-state index in [1.165, 1.54) is 0 Å². The van der Waals surface area contributed by atoms with Gasteiger partial charge < -0.3 is 4.90 Å². The van der Waals surface area contributed by atoms with Gasteiger partial charge in [-0.3, -0.25) is 0 Å². The van der Waals surface area contributed by atoms with Gasteiger partial charge in [-0.25, -0.2) is 0 Å². The van der Waals surface area contributed by atoms with Crippen LogP contribution in [0.3, 0.4) is 0 Å². The second kappa shape index (κ2) is 3.49. The first-order valence-corrected chi connectivity index (χ1v) is 5.28. The molecule has 66 valence electrons. The zero-order valence-electron chi connectivity index (χ0n) is 6.29. The van der Waals surface area contributed by atoms with E-state index >= 15 is 0 Å². The zero-order chi connectivity index (χ0) is 8.32. The van der Waals surface area contributed by atoms with Gasteiger partial charge in [0.05, 0.1) is 5.75 Å². The van der Waals surface area contributed by atoms with E-state index in [2.05, 4.69) is 0 Å². The van der Waals surface area contributed by atoms with E-state index in [0.717, 1.165) is 25.9 Å². The van der Waals surface area contributed by atoms with E-state index in [0.29, 0.717) is 6.54 Å². The predicted molar refractivity (Wildman–Crippen MR) is 40.6 cm³/mol. The quantitative estimate of drug-likeness (QED) is 0.591. The second-order valence-electron chi connectivity index (χ2n) is 2.79. The molecule has 0 bridgehead atoms. The summed E-state index contributed by atoms with van der Waals surface area (Å²) >= 11 is 0. The molecule has 0 aromatic rings. The molecule has 1 aliphatic rings. The Morgan fingerprint density at radius 1 is 1.27 bits per heavy atom. The van der Waals surface area contributed by atoms with E-state index in [4.69, 9.17) is 0 Å². The normalized spacial score (nSPS) is 20.8. The van der Waals surface area contributed by atoms with Crippen molar-refractivity contribution in [2.45, 2.75) is 12.8 Å². The van der Waals surface area contributed by atoms with Gasteiger partial charge >= 0.3 is 10.2 Å². The molecule has 0 aliphatic carbocycles. The molecule has 3 nitrogen and oxygen atoms in total. The van der Waals surface area contributed by atoms with Crippen molar-refractivity contribution in [3.63, 3.8) is 0 Å². The van der Waals surface area contributed by atoms with Crippen LogP contribution in [0.2, 0.25) is 0 Å². The molecular formula is C6H12FNO2S. The first-order valence-electron chi connectivity index (χ1n) is 3.72. The van der Waals surface area contributed by atoms with E-state index in [1.54, 1.807) is 0 Å². The third-order valence-electron chi connectivity index (χ3n) is 1.85. The molecule has 5 heteroatoms. The van der Waals surface area contributed by atoms with Crippen LogP contribution in [-0.4, -0.2) is 38.7 Å². The lowest BCUT2D eigenvalue weighted by Gasteiger charge is -2.11. The minimum atomic E-state index is -4.25. The Morgan fingerprint density at radius 2 is 1.82 bits per heavy atom. The Labute approximate surface area is 66.4 Å². The van der Waals surface area contributed by atoms with Crippen molar-refractivity contribution in [3.8, 4) is 0 Å². The van der Waals surface area contributed by atoms with Crippen molar-refractivity contribution in [2.24, 2.45) is 0 Å². The van der Waals surface area contributed by atoms with Crippen molar-refractivity contribution in [1.82, 2.24) is 4.90 Å². The molecule has 0 radical (unpaired) electrons. The average molecular weight is 181 g/mol. The van der Waals surface area contributed by atoms with Gasteiger partial charge in [0.15, 0.2) is 0 Å². The maximum absolute atomic E-state index is 12.0. The molecule has 1 rings (SSSR count). The van der Waals surface area contributed by atoms with Gasteiger partial charge in [0.1, 0.15) is 0 Å². The van der Waals surface area contributed by atoms with Gasteiger partial charge in [-0.1, -0.05) is 0 Å². The van der Waals surface area contributed by atoms with Gasteiger partial charge in [0.2, 0.25) is 0 Å². The molecule has 0 aromatic carbocycles. The summed E-state index contributed by atoms with van der Waals surface area (Å²) in [4.78, 5) is 1.97. The van der Waals surface area contributed by atoms with Crippen molar-refractivity contribution < 1.29 is 12.3 Å². The maximum Gasteiger partial charge on any atom is 0.303 e. The first kappa shape index (κ1) is 8.93. The molecule has 1 aliphatic heterocycles. The van der Waals surface area contributed by atoms with Crippen LogP contribution in [0.1, 0.15) is 12.8 Å². The Morgan fingerprint density at radius 3 is 2.27 bits per heavy atom. The first-order chi connectivity index (χ1) is 5.08. The molecule has 0 unspecified atom stereocenters. The van der Waals surface area contributed by atoms with Gasteiger partial charge in [-0.2, -0.15) is 8.42 Å². The summed E-state index contributed by atoms with van der Waals surface area (Å²) in [5.41, 5.74) is 0. The van der Waals surface area contributed by atoms with Crippen LogP contribution in [-0.2, 0) is 10.2 Å². The van der Waals surface area contributed by atoms with Crippen molar-refractivity contribution in [3.05, 3.63) is 0 Å². The highest BCUT2D eigenvalue weighted by atomic mass is 32.3. The summed E-state index contributed by atoms with van der Waals surface area (Å²) in [6, 6.07) is 0. The van der Waals surface area contributed by atoms with Crippen molar-refractivity contribution in [1.29, 1.82) is 0 Å². The molecule has 0 spiro atoms. The third-order valence-corrected chi connectivity index (χ3v) is 2.52. The summed E-state index contributed by atoms with van der Waals surface area (Å²) in [6.07, 6.45) is 2.21. The van der Waals surface area contributed by atoms with E-state index < -0.39 is 10.2 Å². The standard InChI is InChI=1S/C6H12FNO2S/c7-11(9,10)6-5-8-3-1-2-4-8/h1-6H2. The van der Waals surface area contributed by atoms with E-state index in [1.807, 2.05) is 4.90 Å². The minimum Gasteiger partial charge on any atom is -0.302 e. The molecule has 1 heterocycles. The highest BCUT2D eigenvalue weighted by Gasteiger charge is 2.14. The summed E-state index contributed by atoms with van der Waals surface area (Å²) in [7, 11) is -4.25. The fourth-order valence-electron chi connectivity index (χ4n) is 1.24. The van der Waals surface area contributed by atoms with Crippen LogP contribution >= 0.6 is 0 Å². The Balaban J connectivity index is 2.22. The monoisotopic (exact) mass is 181 g/mol. The molecule has 0 amide bonds. The minimum absolute atomic E-state index is 0.346. The second-order valence-corrected chi connectivity index (χ2v) is 4.28. The van der Waals surface area contributed by atoms with Crippen LogP contribution in [0.5, 0.6) is 0 Å². The Kier molecular flexibility index (Phi) is 2.84. The lowest BCUT2D eigenvalue weighted by atomic mass is 10.4. The lowest BCUT2D eigenvalue weighted by molar-refractivity contribution is 0.357. The Bertz CT molecular complexity index is 209. The van der Waals surface area contributed by atoms with Crippen LogP contribution in [0.15, 0.2) is 0 Å². The van der Waals surface area contributed by atoms with Gasteiger partial charge in [0.25, 0.3) is 0 Å². The molecule has 1 fully saturated rings. The summed E-state index contributed by atoms with van der Waals surface area (Å²) in [5, 5.41) is 0. The van der Waals surface area contributed by atoms with Crippen LogP contribution in [0.25, 0.3) is 0 Å². The number of halogens is 1. The van der Waals surface area contributed by atoms with Crippen LogP contribution in [0, 0.1) is 0 Å². The fourth-order valence-corrected chi connectivity index (χ4v) is 1.72. The van der Waals surface area contributed by atoms with Crippen LogP contribution < -0.4 is 0 Å². The smallest absolute Gasteiger partial charge is 0.302 e. The molecule has 11 heavy (non-hydrogen) atoms. The number of nitrogens with zero attached hydrogens (tertiary/aromatic N) is 1. The van der Waals surface area contributed by atoms with Crippen molar-refractivity contribution in [2.75, 3.05) is 25.4 Å². The topological polar surface area (TPSA) is 37.4 Å². The molecular weight excluding hydrogens is 169 g/mol. The number of hydrogen-bond donors (Lipinski definition) is 0. The Hall–Kier alpha value is -0.160. The summed E-state index contributed by atoms with van der Waals surface area (Å²) in [5.74, 6) is -0.354. The molecule has 1 saturated heterocycles. The lowest BCUT2D eigenvalue weighted by Crippen LogP contribution is -2.25. The molecule has 0 aromatic heterocycles.